The summed E-state index contributed by atoms with van der Waals surface area (Å²) in [5, 5.41) is 72.4. The van der Waals surface area contributed by atoms with Gasteiger partial charge in [0, 0.05) is 13.0 Å². The number of hydrogen-bond donors (Lipinski definition) is 7. The molecule has 0 aromatic carbocycles. The molecule has 76 heavy (non-hydrogen) atoms. The lowest BCUT2D eigenvalue weighted by atomic mass is 9.98. The Balaban J connectivity index is 1.70. The first kappa shape index (κ1) is 69.5. The summed E-state index contributed by atoms with van der Waals surface area (Å²) in [5.41, 5.74) is 0. The van der Waals surface area contributed by atoms with E-state index in [2.05, 4.69) is 86.8 Å². The Bertz CT molecular complexity index is 1530. The number of ether oxygens (including phenoxy) is 6. The Morgan fingerprint density at radius 2 is 0.855 bits per heavy atom. The maximum atomic E-state index is 13.1. The first-order chi connectivity index (χ1) is 37.1. The van der Waals surface area contributed by atoms with Crippen molar-refractivity contribution < 1.29 is 69.0 Å². The zero-order chi connectivity index (χ0) is 55.1. The van der Waals surface area contributed by atoms with Gasteiger partial charge in [0.2, 0.25) is 0 Å². The van der Waals surface area contributed by atoms with Crippen molar-refractivity contribution in [3.8, 4) is 0 Å². The number of esters is 1. The van der Waals surface area contributed by atoms with Gasteiger partial charge >= 0.3 is 5.97 Å². The molecule has 0 radical (unpaired) electrons. The van der Waals surface area contributed by atoms with E-state index in [1.807, 2.05) is 0 Å². The molecule has 0 aliphatic carbocycles. The fourth-order valence-electron chi connectivity index (χ4n) is 9.13. The molecule has 0 amide bonds. The van der Waals surface area contributed by atoms with Crippen molar-refractivity contribution in [2.45, 2.75) is 280 Å². The molecule has 7 N–H and O–H groups in total. The van der Waals surface area contributed by atoms with Gasteiger partial charge in [-0.2, -0.15) is 0 Å². The van der Waals surface area contributed by atoms with Crippen LogP contribution in [0.25, 0.3) is 0 Å². The topological polar surface area (TPSA) is 214 Å². The van der Waals surface area contributed by atoms with Crippen molar-refractivity contribution in [3.63, 3.8) is 0 Å². The summed E-state index contributed by atoms with van der Waals surface area (Å²) in [5.74, 6) is -0.385. The highest BCUT2D eigenvalue weighted by Crippen LogP contribution is 2.27. The molecule has 0 aromatic heterocycles. The van der Waals surface area contributed by atoms with Gasteiger partial charge in [-0.1, -0.05) is 196 Å². The van der Waals surface area contributed by atoms with Crippen molar-refractivity contribution in [3.05, 3.63) is 72.9 Å². The third-order valence-corrected chi connectivity index (χ3v) is 13.9. The molecule has 0 saturated carbocycles. The molecule has 2 rings (SSSR count). The Morgan fingerprint density at radius 3 is 1.36 bits per heavy atom. The predicted octanol–water partition coefficient (Wildman–Crippen LogP) is 11.0. The van der Waals surface area contributed by atoms with Crippen LogP contribution in [0.1, 0.15) is 213 Å². The Kier molecular flexibility index (Phi) is 44.2. The van der Waals surface area contributed by atoms with Crippen LogP contribution in [0, 0.1) is 0 Å². The van der Waals surface area contributed by atoms with Gasteiger partial charge < -0.3 is 64.2 Å². The smallest absolute Gasteiger partial charge is 0.306 e. The minimum absolute atomic E-state index is 0.0525. The van der Waals surface area contributed by atoms with Crippen LogP contribution in [-0.4, -0.2) is 142 Å². The van der Waals surface area contributed by atoms with Crippen molar-refractivity contribution >= 4 is 5.97 Å². The molecule has 14 heteroatoms. The van der Waals surface area contributed by atoms with Gasteiger partial charge in [0.1, 0.15) is 54.9 Å². The lowest BCUT2D eigenvalue weighted by Gasteiger charge is -2.42. The van der Waals surface area contributed by atoms with Crippen molar-refractivity contribution in [1.82, 2.24) is 0 Å². The van der Waals surface area contributed by atoms with Gasteiger partial charge in [-0.15, -0.1) is 0 Å². The van der Waals surface area contributed by atoms with E-state index in [1.165, 1.54) is 103 Å². The van der Waals surface area contributed by atoms with Gasteiger partial charge in [0.15, 0.2) is 12.6 Å². The molecule has 0 bridgehead atoms. The van der Waals surface area contributed by atoms with Gasteiger partial charge in [0.05, 0.1) is 26.4 Å². The zero-order valence-electron chi connectivity index (χ0n) is 47.2. The summed E-state index contributed by atoms with van der Waals surface area (Å²) in [4.78, 5) is 13.1. The van der Waals surface area contributed by atoms with Crippen molar-refractivity contribution in [2.24, 2.45) is 0 Å². The van der Waals surface area contributed by atoms with E-state index in [1.54, 1.807) is 0 Å². The highest BCUT2D eigenvalue weighted by atomic mass is 16.7. The van der Waals surface area contributed by atoms with Crippen LogP contribution in [0.2, 0.25) is 0 Å². The largest absolute Gasteiger partial charge is 0.457 e. The summed E-state index contributed by atoms with van der Waals surface area (Å²) in [6.45, 7) is 3.56. The average Bonchev–Trinajstić information content (AvgIpc) is 3.42. The van der Waals surface area contributed by atoms with Gasteiger partial charge in [0.25, 0.3) is 0 Å². The summed E-state index contributed by atoms with van der Waals surface area (Å²) >= 11 is 0. The van der Waals surface area contributed by atoms with Crippen molar-refractivity contribution in [2.75, 3.05) is 33.0 Å². The molecule has 2 saturated heterocycles. The number of hydrogen-bond acceptors (Lipinski definition) is 14. The molecular formula is C62H108O14. The molecule has 14 nitrogen and oxygen atoms in total. The first-order valence-electron chi connectivity index (χ1n) is 30.0. The minimum Gasteiger partial charge on any atom is -0.457 e. The molecule has 440 valence electrons. The Morgan fingerprint density at radius 1 is 0.447 bits per heavy atom. The zero-order valence-corrected chi connectivity index (χ0v) is 47.2. The quantitative estimate of drug-likeness (QED) is 0.0172. The summed E-state index contributed by atoms with van der Waals surface area (Å²) in [6.07, 6.45) is 45.3. The summed E-state index contributed by atoms with van der Waals surface area (Å²) in [7, 11) is 0. The van der Waals surface area contributed by atoms with E-state index in [4.69, 9.17) is 28.4 Å². The van der Waals surface area contributed by atoms with E-state index in [0.29, 0.717) is 13.0 Å². The van der Waals surface area contributed by atoms with Crippen LogP contribution in [0.4, 0.5) is 0 Å². The number of rotatable bonds is 48. The molecular weight excluding hydrogens is 969 g/mol. The number of aliphatic hydroxyl groups excluding tert-OH is 7. The van der Waals surface area contributed by atoms with Crippen LogP contribution in [0.15, 0.2) is 72.9 Å². The lowest BCUT2D eigenvalue weighted by Crippen LogP contribution is -2.61. The van der Waals surface area contributed by atoms with E-state index >= 15 is 0 Å². The minimum atomic E-state index is -1.71. The second-order valence-corrected chi connectivity index (χ2v) is 20.8. The second-order valence-electron chi connectivity index (χ2n) is 20.8. The molecule has 2 aliphatic heterocycles. The number of aliphatic hydroxyl groups is 7. The average molecular weight is 1080 g/mol. The third-order valence-electron chi connectivity index (χ3n) is 13.9. The molecule has 2 fully saturated rings. The summed E-state index contributed by atoms with van der Waals surface area (Å²) < 4.78 is 34.4. The fraction of sp³-hybridized carbons (Fsp3) is 0.790. The van der Waals surface area contributed by atoms with Gasteiger partial charge in [-0.3, -0.25) is 4.79 Å². The van der Waals surface area contributed by atoms with Crippen molar-refractivity contribution in [1.29, 1.82) is 0 Å². The number of unbranched alkanes of at least 4 members (excludes halogenated alkanes) is 22. The van der Waals surface area contributed by atoms with Crippen LogP contribution >= 0.6 is 0 Å². The van der Waals surface area contributed by atoms with Crippen LogP contribution < -0.4 is 0 Å². The SMILES string of the molecule is CC/C=C\C/C=C\C/C=C\C/C=C\C/C=C\CCCCCCCCCCCC(=O)OC(COCCCCCCCC/C=C\CCCCCCCCC)COC1OC(COC2OC(CO)C(O)C(O)C2O)C(O)C(O)C1O. The van der Waals surface area contributed by atoms with Gasteiger partial charge in [-0.05, 0) is 83.5 Å². The highest BCUT2D eigenvalue weighted by Gasteiger charge is 2.47. The monoisotopic (exact) mass is 1080 g/mol. The standard InChI is InChI=1S/C62H108O14/c1-3-5-7-9-11-13-15-17-19-21-22-23-24-25-26-27-28-29-31-33-35-37-39-41-43-45-54(64)74-51(48-71-46-44-42-40-38-36-34-32-30-20-18-16-14-12-10-8-6-4-2)49-72-61-60(70)58(68)56(66)53(76-61)50-73-62-59(69)57(67)55(65)52(47-63)75-62/h5,7,11,13,17,19-20,22-23,25-26,30,51-53,55-63,65-70H,3-4,6,8-10,12,14-16,18,21,24,27-29,31-50H2,1-2H3/b7-5-,13-11-,19-17-,23-22-,26-25-,30-20-. The molecule has 11 unspecified atom stereocenters. The number of allylic oxidation sites excluding steroid dienone is 12. The Hall–Kier alpha value is -2.57. The Labute approximate surface area is 459 Å². The second kappa shape index (κ2) is 48.3. The molecule has 2 heterocycles. The van der Waals surface area contributed by atoms with E-state index in [9.17, 15) is 40.5 Å². The molecule has 0 aromatic rings. The van der Waals surface area contributed by atoms with Crippen LogP contribution in [0.5, 0.6) is 0 Å². The van der Waals surface area contributed by atoms with Crippen LogP contribution in [0.3, 0.4) is 0 Å². The van der Waals surface area contributed by atoms with E-state index in [0.717, 1.165) is 83.5 Å². The maximum Gasteiger partial charge on any atom is 0.306 e. The first-order valence-corrected chi connectivity index (χ1v) is 30.0. The number of carbonyl (C=O) groups is 1. The lowest BCUT2D eigenvalue weighted by molar-refractivity contribution is -0.332. The number of carbonyl (C=O) groups excluding carboxylic acids is 1. The predicted molar refractivity (Wildman–Crippen MR) is 302 cm³/mol. The van der Waals surface area contributed by atoms with Crippen LogP contribution in [-0.2, 0) is 33.2 Å². The highest BCUT2D eigenvalue weighted by molar-refractivity contribution is 5.69. The third kappa shape index (κ3) is 34.4. The fourth-order valence-corrected chi connectivity index (χ4v) is 9.13. The normalized spacial score (nSPS) is 25.0. The molecule has 0 spiro atoms. The molecule has 2 aliphatic rings. The molecule has 11 atom stereocenters. The van der Waals surface area contributed by atoms with Gasteiger partial charge in [-0.25, -0.2) is 0 Å². The maximum absolute atomic E-state index is 13.1. The van der Waals surface area contributed by atoms with E-state index in [-0.39, 0.29) is 25.6 Å². The summed E-state index contributed by atoms with van der Waals surface area (Å²) in [6, 6.07) is 0. The van der Waals surface area contributed by atoms with E-state index < -0.39 is 80.7 Å².